The maximum absolute atomic E-state index is 12.7. The Morgan fingerprint density at radius 2 is 1.94 bits per heavy atom. The number of hydrogen-bond acceptors (Lipinski definition) is 7. The van der Waals surface area contributed by atoms with Gasteiger partial charge in [-0.1, -0.05) is 42.4 Å². The minimum absolute atomic E-state index is 0.0109. The Balaban J connectivity index is 1.39. The number of likely N-dealkylation sites (tertiary alicyclic amines) is 1. The van der Waals surface area contributed by atoms with Crippen LogP contribution in [-0.2, 0) is 6.54 Å². The third-order valence-electron chi connectivity index (χ3n) is 5.92. The van der Waals surface area contributed by atoms with E-state index >= 15 is 0 Å². The molecule has 3 aromatic rings. The predicted octanol–water partition coefficient (Wildman–Crippen LogP) is 4.16. The maximum Gasteiger partial charge on any atom is 0.270 e. The Morgan fingerprint density at radius 1 is 1.18 bits per heavy atom. The van der Waals surface area contributed by atoms with Crippen LogP contribution in [0.1, 0.15) is 42.4 Å². The van der Waals surface area contributed by atoms with E-state index in [0.717, 1.165) is 31.4 Å². The third-order valence-corrected chi connectivity index (χ3v) is 5.92. The molecule has 9 heteroatoms. The van der Waals surface area contributed by atoms with Gasteiger partial charge < -0.3 is 9.42 Å². The predicted molar refractivity (Wildman–Crippen MR) is 122 cm³/mol. The first-order valence-electron chi connectivity index (χ1n) is 11.2. The highest BCUT2D eigenvalue weighted by molar-refractivity contribution is 5.94. The number of aromatic nitrogens is 2. The van der Waals surface area contributed by atoms with Crippen LogP contribution >= 0.6 is 0 Å². The average molecular weight is 450 g/mol. The number of rotatable bonds is 8. The first-order chi connectivity index (χ1) is 16.0. The van der Waals surface area contributed by atoms with Crippen LogP contribution in [0.15, 0.2) is 59.1 Å². The number of nitrogens with zero attached hydrogens (tertiary/aromatic N) is 5. The van der Waals surface area contributed by atoms with Gasteiger partial charge in [0.25, 0.3) is 11.6 Å². The molecule has 0 N–H and O–H groups in total. The molecule has 172 valence electrons. The SMILES string of the molecule is CCCN(Cc1nc(-c2cccc([N+](=O)[O-])c2)no1)C1CCN(C(=O)c2ccccc2)CC1. The molecule has 0 aliphatic carbocycles. The summed E-state index contributed by atoms with van der Waals surface area (Å²) in [6.07, 6.45) is 2.74. The Bertz CT molecular complexity index is 1090. The molecule has 2 heterocycles. The Hall–Kier alpha value is -3.59. The second kappa shape index (κ2) is 10.4. The number of amides is 1. The largest absolute Gasteiger partial charge is 0.339 e. The first kappa shape index (κ1) is 22.6. The van der Waals surface area contributed by atoms with Gasteiger partial charge in [-0.05, 0) is 37.9 Å². The number of benzene rings is 2. The molecular formula is C24H27N5O4. The molecular weight excluding hydrogens is 422 g/mol. The molecule has 1 aliphatic heterocycles. The number of piperidine rings is 1. The minimum Gasteiger partial charge on any atom is -0.339 e. The highest BCUT2D eigenvalue weighted by Gasteiger charge is 2.28. The van der Waals surface area contributed by atoms with Gasteiger partial charge in [0.1, 0.15) is 0 Å². The van der Waals surface area contributed by atoms with E-state index in [1.165, 1.54) is 12.1 Å². The fourth-order valence-electron chi connectivity index (χ4n) is 4.24. The van der Waals surface area contributed by atoms with Crippen LogP contribution in [0.2, 0.25) is 0 Å². The molecule has 1 fully saturated rings. The van der Waals surface area contributed by atoms with E-state index in [1.807, 2.05) is 35.2 Å². The van der Waals surface area contributed by atoms with Crippen molar-refractivity contribution in [1.29, 1.82) is 0 Å². The van der Waals surface area contributed by atoms with Gasteiger partial charge in [0.05, 0.1) is 11.5 Å². The summed E-state index contributed by atoms with van der Waals surface area (Å²) in [6.45, 7) is 4.94. The van der Waals surface area contributed by atoms with E-state index in [0.29, 0.717) is 43.0 Å². The molecule has 0 bridgehead atoms. The molecule has 0 radical (unpaired) electrons. The molecule has 9 nitrogen and oxygen atoms in total. The Morgan fingerprint density at radius 3 is 2.64 bits per heavy atom. The molecule has 4 rings (SSSR count). The van der Waals surface area contributed by atoms with Gasteiger partial charge in [-0.3, -0.25) is 19.8 Å². The van der Waals surface area contributed by atoms with Crippen LogP contribution in [0.4, 0.5) is 5.69 Å². The topological polar surface area (TPSA) is 106 Å². The lowest BCUT2D eigenvalue weighted by Gasteiger charge is -2.38. The van der Waals surface area contributed by atoms with Crippen LogP contribution in [0.25, 0.3) is 11.4 Å². The lowest BCUT2D eigenvalue weighted by molar-refractivity contribution is -0.384. The smallest absolute Gasteiger partial charge is 0.270 e. The first-order valence-corrected chi connectivity index (χ1v) is 11.2. The van der Waals surface area contributed by atoms with Crippen LogP contribution in [-0.4, -0.2) is 56.4 Å². The summed E-state index contributed by atoms with van der Waals surface area (Å²) in [5.41, 5.74) is 1.26. The van der Waals surface area contributed by atoms with Gasteiger partial charge in [0, 0.05) is 42.4 Å². The van der Waals surface area contributed by atoms with Crippen molar-refractivity contribution in [3.05, 3.63) is 76.2 Å². The van der Waals surface area contributed by atoms with Gasteiger partial charge in [-0.15, -0.1) is 0 Å². The summed E-state index contributed by atoms with van der Waals surface area (Å²) < 4.78 is 5.47. The van der Waals surface area contributed by atoms with Crippen molar-refractivity contribution >= 4 is 11.6 Å². The van der Waals surface area contributed by atoms with Crippen molar-refractivity contribution in [3.63, 3.8) is 0 Å². The summed E-state index contributed by atoms with van der Waals surface area (Å²) in [5.74, 6) is 0.899. The normalized spacial score (nSPS) is 14.5. The molecule has 1 amide bonds. The number of nitro benzene ring substituents is 1. The molecule has 2 aromatic carbocycles. The van der Waals surface area contributed by atoms with Crippen molar-refractivity contribution in [2.75, 3.05) is 19.6 Å². The summed E-state index contributed by atoms with van der Waals surface area (Å²) >= 11 is 0. The van der Waals surface area contributed by atoms with Gasteiger partial charge in [0.15, 0.2) is 0 Å². The molecule has 0 atom stereocenters. The summed E-state index contributed by atoms with van der Waals surface area (Å²) in [7, 11) is 0. The van der Waals surface area contributed by atoms with Crippen molar-refractivity contribution in [1.82, 2.24) is 19.9 Å². The van der Waals surface area contributed by atoms with E-state index < -0.39 is 4.92 Å². The Kier molecular flexibility index (Phi) is 7.09. The lowest BCUT2D eigenvalue weighted by Crippen LogP contribution is -2.46. The van der Waals surface area contributed by atoms with E-state index in [4.69, 9.17) is 4.52 Å². The maximum atomic E-state index is 12.7. The van der Waals surface area contributed by atoms with Crippen molar-refractivity contribution in [2.24, 2.45) is 0 Å². The third kappa shape index (κ3) is 5.43. The number of non-ortho nitro benzene ring substituents is 1. The molecule has 1 saturated heterocycles. The monoisotopic (exact) mass is 449 g/mol. The van der Waals surface area contributed by atoms with E-state index in [9.17, 15) is 14.9 Å². The van der Waals surface area contributed by atoms with Crippen molar-refractivity contribution in [3.8, 4) is 11.4 Å². The second-order valence-electron chi connectivity index (χ2n) is 8.18. The highest BCUT2D eigenvalue weighted by atomic mass is 16.6. The van der Waals surface area contributed by atoms with Crippen LogP contribution < -0.4 is 0 Å². The van der Waals surface area contributed by atoms with E-state index in [1.54, 1.807) is 12.1 Å². The van der Waals surface area contributed by atoms with Gasteiger partial charge in [-0.2, -0.15) is 4.98 Å². The fourth-order valence-corrected chi connectivity index (χ4v) is 4.24. The second-order valence-corrected chi connectivity index (χ2v) is 8.18. The number of hydrogen-bond donors (Lipinski definition) is 0. The van der Waals surface area contributed by atoms with E-state index in [-0.39, 0.29) is 11.6 Å². The zero-order valence-electron chi connectivity index (χ0n) is 18.6. The molecule has 0 spiro atoms. The molecule has 1 aliphatic rings. The average Bonchev–Trinajstić information content (AvgIpc) is 3.33. The molecule has 0 saturated carbocycles. The van der Waals surface area contributed by atoms with Gasteiger partial charge in [-0.25, -0.2) is 0 Å². The fraction of sp³-hybridized carbons (Fsp3) is 0.375. The molecule has 1 aromatic heterocycles. The number of carbonyl (C=O) groups is 1. The lowest BCUT2D eigenvalue weighted by atomic mass is 10.0. The Labute approximate surface area is 192 Å². The van der Waals surface area contributed by atoms with Crippen molar-refractivity contribution in [2.45, 2.75) is 38.8 Å². The van der Waals surface area contributed by atoms with Crippen LogP contribution in [0.3, 0.4) is 0 Å². The van der Waals surface area contributed by atoms with Crippen LogP contribution in [0.5, 0.6) is 0 Å². The molecule has 0 unspecified atom stereocenters. The summed E-state index contributed by atoms with van der Waals surface area (Å²) in [6, 6.07) is 15.9. The van der Waals surface area contributed by atoms with Crippen LogP contribution in [0, 0.1) is 10.1 Å². The highest BCUT2D eigenvalue weighted by Crippen LogP contribution is 2.24. The zero-order valence-corrected chi connectivity index (χ0v) is 18.6. The number of nitro groups is 1. The standard InChI is InChI=1S/C24H27N5O4/c1-2-13-28(20-11-14-27(15-12-20)24(30)18-7-4-3-5-8-18)17-22-25-23(26-33-22)19-9-6-10-21(16-19)29(31)32/h3-10,16,20H,2,11-15,17H2,1H3. The summed E-state index contributed by atoms with van der Waals surface area (Å²) in [4.78, 5) is 32.1. The quantitative estimate of drug-likeness (QED) is 0.375. The van der Waals surface area contributed by atoms with E-state index in [2.05, 4.69) is 22.0 Å². The van der Waals surface area contributed by atoms with Crippen molar-refractivity contribution < 1.29 is 14.2 Å². The zero-order chi connectivity index (χ0) is 23.2. The molecule has 33 heavy (non-hydrogen) atoms. The number of carbonyl (C=O) groups excluding carboxylic acids is 1. The van der Waals surface area contributed by atoms with Gasteiger partial charge >= 0.3 is 0 Å². The summed E-state index contributed by atoms with van der Waals surface area (Å²) in [5, 5.41) is 15.1. The van der Waals surface area contributed by atoms with Gasteiger partial charge in [0.2, 0.25) is 11.7 Å². The minimum atomic E-state index is -0.442.